The largest absolute Gasteiger partial charge is 0.864 e. The summed E-state index contributed by atoms with van der Waals surface area (Å²) in [6.45, 7) is 3.18. The number of hydrogen-bond donors (Lipinski definition) is 3. The van der Waals surface area contributed by atoms with E-state index in [1.165, 1.54) is 0 Å². The molecule has 20 heteroatoms. The van der Waals surface area contributed by atoms with Gasteiger partial charge in [-0.25, -0.2) is 0 Å². The van der Waals surface area contributed by atoms with Gasteiger partial charge < -0.3 is 14.0 Å². The third-order valence-corrected chi connectivity index (χ3v) is 4.12. The molecular formula is C15H12BF9KN6O3. The number of rotatable bonds is 6. The molecule has 0 atom stereocenters. The van der Waals surface area contributed by atoms with Crippen LogP contribution in [0.4, 0.5) is 39.5 Å². The van der Waals surface area contributed by atoms with E-state index in [2.05, 4.69) is 15.3 Å². The fourth-order valence-electron chi connectivity index (χ4n) is 2.63. The number of aryl methyl sites for hydroxylation is 3. The molecule has 0 unspecified atom stereocenters. The van der Waals surface area contributed by atoms with E-state index in [1.54, 1.807) is 0 Å². The summed E-state index contributed by atoms with van der Waals surface area (Å²) < 4.78 is 134. The SMILES string of the molecule is Cc1[nH]nc(C(F)(F)F)c1OB(Oc1c(C(F)(F)F)n[nH]c1C)Oc1c(C(F)(F)F)n[nH]c1C.[K]. The summed E-state index contributed by atoms with van der Waals surface area (Å²) in [6, 6.07) is 0. The topological polar surface area (TPSA) is 114 Å². The summed E-state index contributed by atoms with van der Waals surface area (Å²) in [4.78, 5) is 0. The average Bonchev–Trinajstić information content (AvgIpc) is 3.33. The predicted molar refractivity (Wildman–Crippen MR) is 98.4 cm³/mol. The van der Waals surface area contributed by atoms with Gasteiger partial charge in [-0.05, 0) is 20.8 Å². The molecule has 0 aliphatic carbocycles. The Morgan fingerprint density at radius 2 is 0.771 bits per heavy atom. The molecule has 3 rings (SSSR count). The van der Waals surface area contributed by atoms with Crippen LogP contribution in [0.2, 0.25) is 0 Å². The Morgan fingerprint density at radius 1 is 0.543 bits per heavy atom. The maximum atomic E-state index is 13.3. The molecule has 3 aromatic heterocycles. The van der Waals surface area contributed by atoms with E-state index in [0.717, 1.165) is 20.8 Å². The Labute approximate surface area is 232 Å². The number of halogens is 9. The van der Waals surface area contributed by atoms with E-state index in [-0.39, 0.29) is 68.5 Å². The minimum Gasteiger partial charge on any atom is -0.486 e. The van der Waals surface area contributed by atoms with Gasteiger partial charge in [0.15, 0.2) is 17.2 Å². The second-order valence-corrected chi connectivity index (χ2v) is 6.71. The second kappa shape index (κ2) is 10.2. The Bertz CT molecular complexity index is 1030. The van der Waals surface area contributed by atoms with E-state index < -0.39 is 60.2 Å². The van der Waals surface area contributed by atoms with Gasteiger partial charge in [0.25, 0.3) is 0 Å². The second-order valence-electron chi connectivity index (χ2n) is 6.71. The van der Waals surface area contributed by atoms with E-state index in [4.69, 9.17) is 14.0 Å². The number of alkyl halides is 9. The average molecular weight is 545 g/mol. The van der Waals surface area contributed by atoms with E-state index in [0.29, 0.717) is 0 Å². The first-order chi connectivity index (χ1) is 15.5. The molecule has 187 valence electrons. The van der Waals surface area contributed by atoms with Gasteiger partial charge in [-0.1, -0.05) is 0 Å². The van der Waals surface area contributed by atoms with Crippen molar-refractivity contribution in [3.8, 4) is 17.2 Å². The van der Waals surface area contributed by atoms with Crippen LogP contribution >= 0.6 is 0 Å². The Morgan fingerprint density at radius 3 is 0.971 bits per heavy atom. The van der Waals surface area contributed by atoms with Crippen LogP contribution in [0, 0.1) is 20.8 Å². The van der Waals surface area contributed by atoms with Crippen molar-refractivity contribution in [1.82, 2.24) is 30.6 Å². The molecule has 9 nitrogen and oxygen atoms in total. The van der Waals surface area contributed by atoms with Crippen LogP contribution in [-0.2, 0) is 18.5 Å². The van der Waals surface area contributed by atoms with Crippen molar-refractivity contribution in [2.75, 3.05) is 0 Å². The van der Waals surface area contributed by atoms with Crippen LogP contribution in [0.15, 0.2) is 0 Å². The summed E-state index contributed by atoms with van der Waals surface area (Å²) >= 11 is 0. The normalized spacial score (nSPS) is 12.3. The standard InChI is InChI=1S/C15H12BF9N6O3.K/c1-4-7(10(29-26-4)13(17,18)19)32-16(33-8-5(2)27-30-11(8)14(20,21)22)34-9-6(3)28-31-12(9)15(23,24)25;/h1-3H3,(H,26,29)(H,27,30)(H,28,31);. The van der Waals surface area contributed by atoms with Gasteiger partial charge in [-0.2, -0.15) is 54.8 Å². The Balaban J connectivity index is 0.00000432. The first kappa shape index (κ1) is 29.3. The van der Waals surface area contributed by atoms with Crippen molar-refractivity contribution < 1.29 is 53.5 Å². The number of aromatic amines is 3. The molecule has 3 heterocycles. The zero-order valence-corrected chi connectivity index (χ0v) is 21.2. The van der Waals surface area contributed by atoms with Gasteiger partial charge in [-0.3, -0.25) is 15.3 Å². The molecule has 0 amide bonds. The van der Waals surface area contributed by atoms with Gasteiger partial charge in [0.2, 0.25) is 17.1 Å². The van der Waals surface area contributed by atoms with E-state index in [1.807, 2.05) is 15.3 Å². The molecule has 3 N–H and O–H groups in total. The number of hydrogen-bond acceptors (Lipinski definition) is 6. The number of aromatic nitrogens is 6. The van der Waals surface area contributed by atoms with Crippen molar-refractivity contribution in [3.05, 3.63) is 34.2 Å². The fraction of sp³-hybridized carbons (Fsp3) is 0.400. The molecule has 0 aliphatic heterocycles. The molecule has 0 bridgehead atoms. The summed E-state index contributed by atoms with van der Waals surface area (Å²) in [5, 5.41) is 14.9. The van der Waals surface area contributed by atoms with Crippen LogP contribution in [0.3, 0.4) is 0 Å². The maximum absolute atomic E-state index is 13.3. The minimum atomic E-state index is -5.10. The van der Waals surface area contributed by atoms with Gasteiger partial charge >= 0.3 is 25.9 Å². The van der Waals surface area contributed by atoms with Gasteiger partial charge in [0.05, 0.1) is 17.1 Å². The Hall–Kier alpha value is -1.90. The zero-order valence-electron chi connectivity index (χ0n) is 18.0. The molecule has 0 saturated heterocycles. The van der Waals surface area contributed by atoms with Crippen LogP contribution < -0.4 is 14.0 Å². The number of nitrogens with one attached hydrogen (secondary N) is 3. The number of H-pyrrole nitrogens is 3. The first-order valence-electron chi connectivity index (χ1n) is 8.86. The molecule has 0 spiro atoms. The van der Waals surface area contributed by atoms with Gasteiger partial charge in [-0.15, -0.1) is 0 Å². The first-order valence-corrected chi connectivity index (χ1v) is 8.86. The van der Waals surface area contributed by atoms with Crippen molar-refractivity contribution in [1.29, 1.82) is 0 Å². The van der Waals surface area contributed by atoms with Gasteiger partial charge in [0, 0.05) is 51.4 Å². The summed E-state index contributed by atoms with van der Waals surface area (Å²) in [7, 11) is -2.60. The Kier molecular flexibility index (Phi) is 8.57. The smallest absolute Gasteiger partial charge is 0.486 e. The van der Waals surface area contributed by atoms with Crippen molar-refractivity contribution >= 4 is 58.7 Å². The summed E-state index contributed by atoms with van der Waals surface area (Å²) in [5.41, 5.74) is -6.07. The van der Waals surface area contributed by atoms with Crippen LogP contribution in [-0.4, -0.2) is 89.3 Å². The van der Waals surface area contributed by atoms with Gasteiger partial charge in [0.1, 0.15) is 0 Å². The zero-order chi connectivity index (χ0) is 25.6. The summed E-state index contributed by atoms with van der Waals surface area (Å²) in [5.74, 6) is -3.24. The fourth-order valence-corrected chi connectivity index (χ4v) is 2.63. The predicted octanol–water partition coefficient (Wildman–Crippen LogP) is 3.98. The third-order valence-electron chi connectivity index (χ3n) is 4.12. The molecule has 1 radical (unpaired) electrons. The third kappa shape index (κ3) is 6.46. The van der Waals surface area contributed by atoms with Crippen molar-refractivity contribution in [2.45, 2.75) is 39.3 Å². The molecule has 3 aromatic rings. The molecule has 0 fully saturated rings. The molecule has 35 heavy (non-hydrogen) atoms. The van der Waals surface area contributed by atoms with Crippen LogP contribution in [0.25, 0.3) is 0 Å². The number of nitrogens with zero attached hydrogens (tertiary/aromatic N) is 3. The van der Waals surface area contributed by atoms with Crippen molar-refractivity contribution in [2.24, 2.45) is 0 Å². The van der Waals surface area contributed by atoms with Crippen LogP contribution in [0.1, 0.15) is 34.2 Å². The van der Waals surface area contributed by atoms with E-state index >= 15 is 0 Å². The van der Waals surface area contributed by atoms with Crippen LogP contribution in [0.5, 0.6) is 17.2 Å². The molecular weight excluding hydrogens is 533 g/mol. The van der Waals surface area contributed by atoms with E-state index in [9.17, 15) is 39.5 Å². The quantitative estimate of drug-likeness (QED) is 0.319. The monoisotopic (exact) mass is 545 g/mol. The molecule has 0 aromatic carbocycles. The minimum absolute atomic E-state index is 0. The molecule has 0 aliphatic rings. The maximum Gasteiger partial charge on any atom is 0.864 e. The summed E-state index contributed by atoms with van der Waals surface area (Å²) in [6.07, 6.45) is -15.3. The molecule has 0 saturated carbocycles. The van der Waals surface area contributed by atoms with Crippen molar-refractivity contribution in [3.63, 3.8) is 0 Å².